The summed E-state index contributed by atoms with van der Waals surface area (Å²) in [5.74, 6) is 0.212. The third kappa shape index (κ3) is 4.78. The third-order valence-corrected chi connectivity index (χ3v) is 9.26. The van der Waals surface area contributed by atoms with Crippen molar-refractivity contribution in [2.75, 3.05) is 6.54 Å². The van der Waals surface area contributed by atoms with Crippen LogP contribution in [0.2, 0.25) is 0 Å². The second kappa shape index (κ2) is 9.63. The van der Waals surface area contributed by atoms with E-state index in [9.17, 15) is 14.4 Å². The van der Waals surface area contributed by atoms with E-state index in [0.29, 0.717) is 41.4 Å². The fourth-order valence-electron chi connectivity index (χ4n) is 5.56. The Morgan fingerprint density at radius 1 is 1.21 bits per heavy atom. The summed E-state index contributed by atoms with van der Waals surface area (Å²) in [4.78, 5) is 48.7. The summed E-state index contributed by atoms with van der Waals surface area (Å²) in [6.07, 6.45) is 4.74. The number of piperidine rings is 1. The number of rotatable bonds is 9. The van der Waals surface area contributed by atoms with E-state index in [2.05, 4.69) is 20.4 Å². The number of benzene rings is 1. The molecular formula is C26H27Cl2N7O4. The Labute approximate surface area is 234 Å². The number of ether oxygens (including phenoxy) is 1. The topological polar surface area (TPSA) is 145 Å². The van der Waals surface area contributed by atoms with Crippen LogP contribution in [0.25, 0.3) is 10.9 Å². The number of halogens is 2. The van der Waals surface area contributed by atoms with Gasteiger partial charge in [-0.2, -0.15) is 5.10 Å². The molecule has 2 saturated carbocycles. The highest BCUT2D eigenvalue weighted by atomic mass is 35.5. The number of primary amides is 1. The standard InChI is InChI=1S/C26H27Cl2N7O4/c1-13-17(26(13,27)28)10-32-25(38)20-8-14-7-19(14)35(20)22(36)11-34-18-4-3-15(9-16(18)23(33-34)24(29)37)39-12-21-30-5-2-6-31-21/h2-6,9,13-14,17,19-20H,7-8,10-12H2,1H3,(H2,29,37)(H,32,38)/t13?,14-,17?,19-,20+/m1/s1. The third-order valence-electron chi connectivity index (χ3n) is 8.01. The predicted octanol–water partition coefficient (Wildman–Crippen LogP) is 2.05. The molecule has 39 heavy (non-hydrogen) atoms. The van der Waals surface area contributed by atoms with Gasteiger partial charge in [-0.1, -0.05) is 6.92 Å². The minimum Gasteiger partial charge on any atom is -0.486 e. The van der Waals surface area contributed by atoms with Gasteiger partial charge in [-0.05, 0) is 48.9 Å². The zero-order valence-corrected chi connectivity index (χ0v) is 22.6. The van der Waals surface area contributed by atoms with Crippen LogP contribution in [0, 0.1) is 17.8 Å². The van der Waals surface area contributed by atoms with E-state index in [4.69, 9.17) is 33.7 Å². The van der Waals surface area contributed by atoms with Gasteiger partial charge < -0.3 is 20.7 Å². The largest absolute Gasteiger partial charge is 0.486 e. The first kappa shape index (κ1) is 25.8. The van der Waals surface area contributed by atoms with E-state index in [1.807, 2.05) is 6.92 Å². The lowest BCUT2D eigenvalue weighted by Crippen LogP contribution is -2.49. The quantitative estimate of drug-likeness (QED) is 0.374. The van der Waals surface area contributed by atoms with Gasteiger partial charge in [0.2, 0.25) is 11.8 Å². The molecule has 3 aromatic rings. The number of amides is 3. The number of likely N-dealkylation sites (tertiary alicyclic amines) is 1. The number of carbonyl (C=O) groups excluding carboxylic acids is 3. The van der Waals surface area contributed by atoms with Gasteiger partial charge in [-0.15, -0.1) is 23.2 Å². The van der Waals surface area contributed by atoms with Crippen LogP contribution >= 0.6 is 23.2 Å². The monoisotopic (exact) mass is 571 g/mol. The molecule has 1 aromatic carbocycles. The minimum absolute atomic E-state index is 0.0124. The average Bonchev–Trinajstić information content (AvgIpc) is 3.63. The molecular weight excluding hydrogens is 545 g/mol. The molecule has 0 spiro atoms. The molecule has 11 nitrogen and oxygen atoms in total. The van der Waals surface area contributed by atoms with Gasteiger partial charge in [-0.25, -0.2) is 9.97 Å². The summed E-state index contributed by atoms with van der Waals surface area (Å²) in [5, 5.41) is 7.74. The summed E-state index contributed by atoms with van der Waals surface area (Å²) in [6.45, 7) is 2.32. The first-order valence-corrected chi connectivity index (χ1v) is 13.6. The molecule has 1 saturated heterocycles. The Morgan fingerprint density at radius 2 is 1.95 bits per heavy atom. The number of nitrogens with two attached hydrogens (primary N) is 1. The maximum atomic E-state index is 13.5. The van der Waals surface area contributed by atoms with Crippen molar-refractivity contribution >= 4 is 51.8 Å². The molecule has 2 aromatic heterocycles. The summed E-state index contributed by atoms with van der Waals surface area (Å²) < 4.78 is 6.41. The van der Waals surface area contributed by atoms with Gasteiger partial charge in [0, 0.05) is 36.3 Å². The van der Waals surface area contributed by atoms with E-state index in [1.54, 1.807) is 41.6 Å². The minimum atomic E-state index is -0.819. The number of alkyl halides is 2. The van der Waals surface area contributed by atoms with Crippen molar-refractivity contribution in [2.24, 2.45) is 23.5 Å². The molecule has 13 heteroatoms. The fraction of sp³-hybridized carbons (Fsp3) is 0.462. The van der Waals surface area contributed by atoms with Crippen LogP contribution in [0.5, 0.6) is 5.75 Å². The molecule has 204 valence electrons. The molecule has 1 aliphatic heterocycles. The molecule has 3 N–H and O–H groups in total. The van der Waals surface area contributed by atoms with E-state index in [0.717, 1.165) is 6.42 Å². The number of carbonyl (C=O) groups is 3. The Hall–Kier alpha value is -3.44. The Morgan fingerprint density at radius 3 is 2.64 bits per heavy atom. The van der Waals surface area contributed by atoms with Crippen LogP contribution in [0.15, 0.2) is 36.7 Å². The zero-order chi connectivity index (χ0) is 27.5. The first-order valence-electron chi connectivity index (χ1n) is 12.8. The number of hydrogen-bond acceptors (Lipinski definition) is 7. The van der Waals surface area contributed by atoms with Crippen molar-refractivity contribution in [1.29, 1.82) is 0 Å². The number of hydrogen-bond donors (Lipinski definition) is 2. The molecule has 3 aliphatic rings. The highest BCUT2D eigenvalue weighted by Crippen LogP contribution is 2.58. The Kier molecular flexibility index (Phi) is 6.38. The SMILES string of the molecule is CC1C(CNC(=O)[C@@H]2C[C@H]3C[C@H]3N2C(=O)Cn2nc(C(N)=O)c3cc(OCc4ncccn4)ccc32)C1(Cl)Cl. The maximum absolute atomic E-state index is 13.5. The van der Waals surface area contributed by atoms with Crippen molar-refractivity contribution in [1.82, 2.24) is 30.0 Å². The van der Waals surface area contributed by atoms with Crippen molar-refractivity contribution in [3.63, 3.8) is 0 Å². The second-order valence-corrected chi connectivity index (χ2v) is 11.9. The molecule has 6 rings (SSSR count). The molecule has 2 unspecified atom stereocenters. The van der Waals surface area contributed by atoms with Crippen molar-refractivity contribution in [3.8, 4) is 5.75 Å². The van der Waals surface area contributed by atoms with Crippen LogP contribution in [-0.2, 0) is 22.7 Å². The van der Waals surface area contributed by atoms with E-state index in [1.165, 1.54) is 4.68 Å². The molecule has 3 fully saturated rings. The molecule has 2 aliphatic carbocycles. The van der Waals surface area contributed by atoms with Crippen molar-refractivity contribution in [2.45, 2.75) is 49.3 Å². The van der Waals surface area contributed by atoms with Gasteiger partial charge in [-0.3, -0.25) is 19.1 Å². The second-order valence-electron chi connectivity index (χ2n) is 10.4. The van der Waals surface area contributed by atoms with Crippen LogP contribution in [0.4, 0.5) is 0 Å². The van der Waals surface area contributed by atoms with Gasteiger partial charge in [0.1, 0.15) is 29.3 Å². The lowest BCUT2D eigenvalue weighted by atomic mass is 10.1. The molecule has 3 heterocycles. The van der Waals surface area contributed by atoms with Crippen LogP contribution in [-0.4, -0.2) is 65.3 Å². The number of nitrogens with one attached hydrogen (secondary N) is 1. The normalized spacial score (nSPS) is 26.2. The molecule has 5 atom stereocenters. The van der Waals surface area contributed by atoms with Crippen molar-refractivity contribution < 1.29 is 19.1 Å². The molecule has 0 bridgehead atoms. The van der Waals surface area contributed by atoms with E-state index < -0.39 is 16.3 Å². The summed E-state index contributed by atoms with van der Waals surface area (Å²) >= 11 is 12.4. The lowest BCUT2D eigenvalue weighted by molar-refractivity contribution is -0.140. The van der Waals surface area contributed by atoms with Crippen LogP contribution in [0.1, 0.15) is 36.1 Å². The van der Waals surface area contributed by atoms with Gasteiger partial charge in [0.25, 0.3) is 5.91 Å². The predicted molar refractivity (Wildman–Crippen MR) is 142 cm³/mol. The number of nitrogens with zero attached hydrogens (tertiary/aromatic N) is 5. The molecule has 0 radical (unpaired) electrons. The van der Waals surface area contributed by atoms with Crippen LogP contribution < -0.4 is 15.8 Å². The molecule has 3 amide bonds. The van der Waals surface area contributed by atoms with Gasteiger partial charge in [0.15, 0.2) is 11.5 Å². The fourth-order valence-corrected chi connectivity index (χ4v) is 6.27. The van der Waals surface area contributed by atoms with E-state index >= 15 is 0 Å². The Bertz CT molecular complexity index is 1460. The van der Waals surface area contributed by atoms with Crippen molar-refractivity contribution in [3.05, 3.63) is 48.2 Å². The highest BCUT2D eigenvalue weighted by Gasteiger charge is 2.60. The van der Waals surface area contributed by atoms with Crippen LogP contribution in [0.3, 0.4) is 0 Å². The zero-order valence-electron chi connectivity index (χ0n) is 21.1. The summed E-state index contributed by atoms with van der Waals surface area (Å²) in [6, 6.07) is 6.28. The van der Waals surface area contributed by atoms with Gasteiger partial charge >= 0.3 is 0 Å². The summed E-state index contributed by atoms with van der Waals surface area (Å²) in [7, 11) is 0. The number of aromatic nitrogens is 4. The smallest absolute Gasteiger partial charge is 0.269 e. The Balaban J connectivity index is 1.17. The lowest BCUT2D eigenvalue weighted by Gasteiger charge is -2.27. The maximum Gasteiger partial charge on any atom is 0.269 e. The number of fused-ring (bicyclic) bond motifs is 2. The van der Waals surface area contributed by atoms with E-state index in [-0.39, 0.29) is 48.5 Å². The first-order chi connectivity index (χ1) is 18.6. The highest BCUT2D eigenvalue weighted by molar-refractivity contribution is 6.51. The summed E-state index contributed by atoms with van der Waals surface area (Å²) in [5.41, 5.74) is 6.18. The van der Waals surface area contributed by atoms with Gasteiger partial charge in [0.05, 0.1) is 5.52 Å². The average molecular weight is 572 g/mol.